The Labute approximate surface area is 136 Å². The van der Waals surface area contributed by atoms with Crippen LogP contribution in [0.2, 0.25) is 0 Å². The average Bonchev–Trinajstić information content (AvgIpc) is 3.12. The molecule has 3 nitrogen and oxygen atoms in total. The number of rotatable bonds is 3. The van der Waals surface area contributed by atoms with Crippen LogP contribution in [0.15, 0.2) is 30.7 Å². The molecular formula is C19H23FN2O. The van der Waals surface area contributed by atoms with Gasteiger partial charge in [-0.3, -0.25) is 0 Å². The van der Waals surface area contributed by atoms with E-state index in [0.717, 1.165) is 30.0 Å². The van der Waals surface area contributed by atoms with Gasteiger partial charge in [0.2, 0.25) is 0 Å². The van der Waals surface area contributed by atoms with E-state index in [1.54, 1.807) is 18.6 Å². The molecule has 122 valence electrons. The number of aliphatic hydroxyl groups is 1. The van der Waals surface area contributed by atoms with Crippen LogP contribution in [-0.2, 0) is 0 Å². The lowest BCUT2D eigenvalue weighted by Crippen LogP contribution is -2.28. The first kappa shape index (κ1) is 14.9. The summed E-state index contributed by atoms with van der Waals surface area (Å²) in [7, 11) is 0. The van der Waals surface area contributed by atoms with Crippen molar-refractivity contribution in [3.63, 3.8) is 0 Å². The predicted octanol–water partition coefficient (Wildman–Crippen LogP) is 4.17. The highest BCUT2D eigenvalue weighted by atomic mass is 19.1. The van der Waals surface area contributed by atoms with E-state index in [-0.39, 0.29) is 18.0 Å². The van der Waals surface area contributed by atoms with Crippen LogP contribution < -0.4 is 0 Å². The molecule has 4 heteroatoms. The number of aromatic nitrogens is 2. The van der Waals surface area contributed by atoms with Gasteiger partial charge in [-0.05, 0) is 37.2 Å². The number of fused-ring (bicyclic) bond motifs is 3. The monoisotopic (exact) mass is 314 g/mol. The van der Waals surface area contributed by atoms with Crippen molar-refractivity contribution in [2.45, 2.75) is 51.2 Å². The number of hydrogen-bond donors (Lipinski definition) is 1. The van der Waals surface area contributed by atoms with Crippen molar-refractivity contribution in [2.75, 3.05) is 0 Å². The van der Waals surface area contributed by atoms with E-state index >= 15 is 0 Å². The average molecular weight is 314 g/mol. The number of benzene rings is 1. The molecule has 2 aliphatic rings. The molecule has 4 rings (SSSR count). The van der Waals surface area contributed by atoms with Gasteiger partial charge in [-0.2, -0.15) is 0 Å². The summed E-state index contributed by atoms with van der Waals surface area (Å²) in [5.74, 6) is 0.929. The summed E-state index contributed by atoms with van der Waals surface area (Å²) in [6.45, 7) is 2.28. The minimum atomic E-state index is -0.381. The number of aliphatic hydroxyl groups excluding tert-OH is 1. The van der Waals surface area contributed by atoms with Gasteiger partial charge in [0, 0.05) is 11.1 Å². The summed E-state index contributed by atoms with van der Waals surface area (Å²) in [5.41, 5.74) is 2.58. The van der Waals surface area contributed by atoms with Gasteiger partial charge in [0.05, 0.1) is 30.4 Å². The lowest BCUT2D eigenvalue weighted by atomic mass is 9.78. The van der Waals surface area contributed by atoms with Crippen LogP contribution >= 0.6 is 0 Å². The zero-order chi connectivity index (χ0) is 16.0. The van der Waals surface area contributed by atoms with Crippen molar-refractivity contribution < 1.29 is 9.50 Å². The van der Waals surface area contributed by atoms with Crippen LogP contribution in [0.4, 0.5) is 4.39 Å². The van der Waals surface area contributed by atoms with Crippen molar-refractivity contribution in [3.05, 3.63) is 42.1 Å². The fourth-order valence-electron chi connectivity index (χ4n) is 4.32. The van der Waals surface area contributed by atoms with E-state index in [0.29, 0.717) is 17.9 Å². The Bertz CT molecular complexity index is 703. The van der Waals surface area contributed by atoms with Crippen LogP contribution in [-0.4, -0.2) is 20.8 Å². The Morgan fingerprint density at radius 3 is 2.87 bits per heavy atom. The lowest BCUT2D eigenvalue weighted by molar-refractivity contribution is 0.0605. The molecule has 23 heavy (non-hydrogen) atoms. The normalized spacial score (nSPS) is 27.5. The Morgan fingerprint density at radius 2 is 2.09 bits per heavy atom. The Morgan fingerprint density at radius 1 is 1.30 bits per heavy atom. The van der Waals surface area contributed by atoms with E-state index in [4.69, 9.17) is 0 Å². The van der Waals surface area contributed by atoms with Gasteiger partial charge >= 0.3 is 0 Å². The molecule has 0 unspecified atom stereocenters. The minimum Gasteiger partial charge on any atom is -0.393 e. The van der Waals surface area contributed by atoms with Gasteiger partial charge in [0.25, 0.3) is 0 Å². The van der Waals surface area contributed by atoms with Crippen LogP contribution in [0.5, 0.6) is 0 Å². The summed E-state index contributed by atoms with van der Waals surface area (Å²) in [5, 5.41) is 10.7. The fraction of sp³-hybridized carbons (Fsp3) is 0.526. The molecule has 0 spiro atoms. The number of nitrogens with zero attached hydrogens (tertiary/aromatic N) is 2. The van der Waals surface area contributed by atoms with Crippen LogP contribution in [0.3, 0.4) is 0 Å². The SMILES string of the molecule is CC1CCC([C@H](O)C[C@@H]2c3c(F)cccc3-c3cncn32)CC1. The first-order chi connectivity index (χ1) is 11.1. The molecule has 2 heterocycles. The van der Waals surface area contributed by atoms with Gasteiger partial charge < -0.3 is 9.67 Å². The second kappa shape index (κ2) is 5.75. The highest BCUT2D eigenvalue weighted by Crippen LogP contribution is 2.44. The number of hydrogen-bond acceptors (Lipinski definition) is 2. The van der Waals surface area contributed by atoms with E-state index in [2.05, 4.69) is 11.9 Å². The Kier molecular flexibility index (Phi) is 3.72. The quantitative estimate of drug-likeness (QED) is 0.923. The van der Waals surface area contributed by atoms with Gasteiger partial charge in [-0.15, -0.1) is 0 Å². The smallest absolute Gasteiger partial charge is 0.129 e. The topological polar surface area (TPSA) is 38.1 Å². The van der Waals surface area contributed by atoms with Crippen molar-refractivity contribution in [2.24, 2.45) is 11.8 Å². The molecule has 1 fully saturated rings. The fourth-order valence-corrected chi connectivity index (χ4v) is 4.32. The molecule has 0 saturated heterocycles. The van der Waals surface area contributed by atoms with Crippen molar-refractivity contribution in [3.8, 4) is 11.3 Å². The lowest BCUT2D eigenvalue weighted by Gasteiger charge is -2.31. The molecule has 1 aromatic heterocycles. The Hall–Kier alpha value is -1.68. The second-order valence-electron chi connectivity index (χ2n) is 7.23. The maximum Gasteiger partial charge on any atom is 0.129 e. The minimum absolute atomic E-state index is 0.141. The highest BCUT2D eigenvalue weighted by molar-refractivity contribution is 5.69. The van der Waals surface area contributed by atoms with Gasteiger partial charge in [0.1, 0.15) is 5.82 Å². The van der Waals surface area contributed by atoms with E-state index < -0.39 is 0 Å². The molecule has 0 radical (unpaired) electrons. The largest absolute Gasteiger partial charge is 0.393 e. The van der Waals surface area contributed by atoms with Crippen LogP contribution in [0.25, 0.3) is 11.3 Å². The summed E-state index contributed by atoms with van der Waals surface area (Å²) >= 11 is 0. The number of halogens is 1. The molecule has 1 aliphatic heterocycles. The van der Waals surface area contributed by atoms with E-state index in [9.17, 15) is 9.50 Å². The second-order valence-corrected chi connectivity index (χ2v) is 7.23. The maximum atomic E-state index is 14.4. The summed E-state index contributed by atoms with van der Waals surface area (Å²) in [6.07, 6.45) is 8.26. The zero-order valence-electron chi connectivity index (χ0n) is 13.5. The van der Waals surface area contributed by atoms with Crippen molar-refractivity contribution in [1.82, 2.24) is 9.55 Å². The van der Waals surface area contributed by atoms with E-state index in [1.165, 1.54) is 18.9 Å². The standard InChI is InChI=1S/C19H23FN2O/c1-12-5-7-13(8-6-12)18(23)9-16-19-14(3-2-4-15(19)20)17-10-21-11-22(16)17/h2-4,10-13,16,18,23H,5-9H2,1H3/t12?,13?,16-,18-/m1/s1. The molecule has 1 aromatic carbocycles. The summed E-state index contributed by atoms with van der Waals surface area (Å²) in [4.78, 5) is 4.21. The van der Waals surface area contributed by atoms with E-state index in [1.807, 2.05) is 10.6 Å². The van der Waals surface area contributed by atoms with Gasteiger partial charge in [-0.1, -0.05) is 31.9 Å². The zero-order valence-corrected chi connectivity index (χ0v) is 13.5. The van der Waals surface area contributed by atoms with Gasteiger partial charge in [-0.25, -0.2) is 9.37 Å². The molecule has 2 atom stereocenters. The summed E-state index contributed by atoms with van der Waals surface area (Å²) in [6, 6.07) is 5.06. The number of imidazole rings is 1. The first-order valence-electron chi connectivity index (χ1n) is 8.64. The predicted molar refractivity (Wildman–Crippen MR) is 87.5 cm³/mol. The molecule has 0 bridgehead atoms. The van der Waals surface area contributed by atoms with Crippen molar-refractivity contribution in [1.29, 1.82) is 0 Å². The van der Waals surface area contributed by atoms with Crippen LogP contribution in [0.1, 0.15) is 50.6 Å². The highest BCUT2D eigenvalue weighted by Gasteiger charge is 2.35. The molecule has 1 saturated carbocycles. The molecule has 0 amide bonds. The van der Waals surface area contributed by atoms with Crippen molar-refractivity contribution >= 4 is 0 Å². The molecular weight excluding hydrogens is 291 g/mol. The molecule has 1 aliphatic carbocycles. The third kappa shape index (κ3) is 2.49. The Balaban J connectivity index is 1.60. The third-order valence-electron chi connectivity index (χ3n) is 5.73. The third-order valence-corrected chi connectivity index (χ3v) is 5.73. The van der Waals surface area contributed by atoms with Crippen LogP contribution in [0, 0.1) is 17.7 Å². The first-order valence-corrected chi connectivity index (χ1v) is 8.64. The van der Waals surface area contributed by atoms with Gasteiger partial charge in [0.15, 0.2) is 0 Å². The molecule has 1 N–H and O–H groups in total. The maximum absolute atomic E-state index is 14.4. The summed E-state index contributed by atoms with van der Waals surface area (Å²) < 4.78 is 16.4. The molecule has 2 aromatic rings.